The lowest BCUT2D eigenvalue weighted by Crippen LogP contribution is -2.03. The van der Waals surface area contributed by atoms with E-state index in [1.807, 2.05) is 30.3 Å². The zero-order valence-electron chi connectivity index (χ0n) is 12.4. The van der Waals surface area contributed by atoms with Crippen LogP contribution in [0, 0.1) is 0 Å². The van der Waals surface area contributed by atoms with Gasteiger partial charge >= 0.3 is 0 Å². The zero-order valence-corrected chi connectivity index (χ0v) is 12.4. The number of aromatic nitrogens is 2. The maximum atomic E-state index is 10.2. The van der Waals surface area contributed by atoms with E-state index in [1.54, 1.807) is 19.2 Å². The Labute approximate surface area is 123 Å². The molecule has 108 valence electrons. The summed E-state index contributed by atoms with van der Waals surface area (Å²) in [5.41, 5.74) is 2.66. The number of phenolic OH excluding ortho intramolecular Hbond substituents is 1. The lowest BCUT2D eigenvalue weighted by atomic mass is 10.1. The van der Waals surface area contributed by atoms with Crippen LogP contribution in [0.15, 0.2) is 42.5 Å². The topological polar surface area (TPSA) is 47.3 Å². The number of imidazole rings is 1. The van der Waals surface area contributed by atoms with Crippen LogP contribution in [0.1, 0.15) is 19.9 Å². The minimum Gasteiger partial charge on any atom is -0.507 e. The number of nitrogens with zero attached hydrogens (tertiary/aromatic N) is 2. The molecule has 4 heteroatoms. The molecule has 1 N–H and O–H groups in total. The van der Waals surface area contributed by atoms with Crippen LogP contribution in [0.4, 0.5) is 0 Å². The molecule has 4 nitrogen and oxygen atoms in total. The Morgan fingerprint density at radius 2 is 1.90 bits per heavy atom. The Morgan fingerprint density at radius 1 is 1.14 bits per heavy atom. The molecule has 0 radical (unpaired) electrons. The van der Waals surface area contributed by atoms with Gasteiger partial charge in [0.1, 0.15) is 17.3 Å². The summed E-state index contributed by atoms with van der Waals surface area (Å²) in [4.78, 5) is 4.69. The Bertz CT molecular complexity index is 791. The van der Waals surface area contributed by atoms with Crippen molar-refractivity contribution in [3.05, 3.63) is 42.5 Å². The SMILES string of the molecule is COc1ccc(O)c(-c2nc3ccccc3n2C(C)C)c1. The first-order valence-electron chi connectivity index (χ1n) is 6.96. The number of hydrogen-bond donors (Lipinski definition) is 1. The molecule has 0 spiro atoms. The fourth-order valence-corrected chi connectivity index (χ4v) is 2.58. The van der Waals surface area contributed by atoms with Crippen LogP contribution in [0.5, 0.6) is 11.5 Å². The predicted molar refractivity (Wildman–Crippen MR) is 83.8 cm³/mol. The largest absolute Gasteiger partial charge is 0.507 e. The van der Waals surface area contributed by atoms with E-state index in [0.29, 0.717) is 11.3 Å². The number of methoxy groups -OCH3 is 1. The average molecular weight is 282 g/mol. The van der Waals surface area contributed by atoms with Gasteiger partial charge in [0.2, 0.25) is 0 Å². The number of fused-ring (bicyclic) bond motifs is 1. The standard InChI is InChI=1S/C17H18N2O2/c1-11(2)19-15-7-5-4-6-14(15)18-17(19)13-10-12(21-3)8-9-16(13)20/h4-11,20H,1-3H3. The van der Waals surface area contributed by atoms with Crippen LogP contribution in [0.2, 0.25) is 0 Å². The van der Waals surface area contributed by atoms with Gasteiger partial charge in [0, 0.05) is 6.04 Å². The highest BCUT2D eigenvalue weighted by atomic mass is 16.5. The Hall–Kier alpha value is -2.49. The number of phenols is 1. The summed E-state index contributed by atoms with van der Waals surface area (Å²) in [5, 5.41) is 10.2. The molecule has 0 saturated heterocycles. The van der Waals surface area contributed by atoms with E-state index in [9.17, 15) is 5.11 Å². The molecule has 1 aromatic heterocycles. The van der Waals surface area contributed by atoms with E-state index in [-0.39, 0.29) is 11.8 Å². The van der Waals surface area contributed by atoms with Crippen molar-refractivity contribution in [2.45, 2.75) is 19.9 Å². The normalized spacial score (nSPS) is 11.2. The molecule has 0 fully saturated rings. The number of rotatable bonds is 3. The molecule has 0 aliphatic rings. The summed E-state index contributed by atoms with van der Waals surface area (Å²) < 4.78 is 7.39. The second-order valence-corrected chi connectivity index (χ2v) is 5.27. The molecule has 0 saturated carbocycles. The number of ether oxygens (including phenoxy) is 1. The van der Waals surface area contributed by atoms with Crippen molar-refractivity contribution in [1.29, 1.82) is 0 Å². The number of para-hydroxylation sites is 2. The lowest BCUT2D eigenvalue weighted by Gasteiger charge is -2.14. The Kier molecular flexibility index (Phi) is 3.29. The van der Waals surface area contributed by atoms with Crippen molar-refractivity contribution in [3.63, 3.8) is 0 Å². The lowest BCUT2D eigenvalue weighted by molar-refractivity contribution is 0.412. The van der Waals surface area contributed by atoms with Gasteiger partial charge in [0.25, 0.3) is 0 Å². The highest BCUT2D eigenvalue weighted by Gasteiger charge is 2.17. The Balaban J connectivity index is 2.32. The van der Waals surface area contributed by atoms with Gasteiger partial charge in [-0.15, -0.1) is 0 Å². The van der Waals surface area contributed by atoms with E-state index in [0.717, 1.165) is 16.9 Å². The van der Waals surface area contributed by atoms with Crippen molar-refractivity contribution < 1.29 is 9.84 Å². The quantitative estimate of drug-likeness (QED) is 0.790. The summed E-state index contributed by atoms with van der Waals surface area (Å²) in [6.07, 6.45) is 0. The monoisotopic (exact) mass is 282 g/mol. The maximum Gasteiger partial charge on any atom is 0.145 e. The summed E-state index contributed by atoms with van der Waals surface area (Å²) in [6.45, 7) is 4.21. The molecule has 21 heavy (non-hydrogen) atoms. The second kappa shape index (κ2) is 5.13. The van der Waals surface area contributed by atoms with Crippen LogP contribution < -0.4 is 4.74 Å². The third kappa shape index (κ3) is 2.23. The third-order valence-electron chi connectivity index (χ3n) is 3.56. The minimum absolute atomic E-state index is 0.202. The molecule has 0 aliphatic carbocycles. The van der Waals surface area contributed by atoms with Crippen LogP contribution in [0.3, 0.4) is 0 Å². The molecule has 0 amide bonds. The zero-order chi connectivity index (χ0) is 15.0. The summed E-state index contributed by atoms with van der Waals surface area (Å²) in [6, 6.07) is 13.4. The molecule has 1 heterocycles. The smallest absolute Gasteiger partial charge is 0.145 e. The van der Waals surface area contributed by atoms with Crippen LogP contribution in [-0.2, 0) is 0 Å². The predicted octanol–water partition coefficient (Wildman–Crippen LogP) is 4.00. The highest BCUT2D eigenvalue weighted by Crippen LogP contribution is 2.35. The molecular weight excluding hydrogens is 264 g/mol. The molecule has 3 aromatic rings. The third-order valence-corrected chi connectivity index (χ3v) is 3.56. The molecule has 0 atom stereocenters. The van der Waals surface area contributed by atoms with Gasteiger partial charge in [0.15, 0.2) is 0 Å². The van der Waals surface area contributed by atoms with E-state index in [2.05, 4.69) is 23.4 Å². The molecule has 0 bridgehead atoms. The van der Waals surface area contributed by atoms with Gasteiger partial charge < -0.3 is 14.4 Å². The summed E-state index contributed by atoms with van der Waals surface area (Å²) in [5.74, 6) is 1.65. The Morgan fingerprint density at radius 3 is 2.62 bits per heavy atom. The van der Waals surface area contributed by atoms with E-state index in [1.165, 1.54) is 0 Å². The first-order valence-corrected chi connectivity index (χ1v) is 6.96. The molecule has 0 unspecified atom stereocenters. The number of benzene rings is 2. The maximum absolute atomic E-state index is 10.2. The van der Waals surface area contributed by atoms with Gasteiger partial charge in [-0.1, -0.05) is 12.1 Å². The van der Waals surface area contributed by atoms with E-state index >= 15 is 0 Å². The van der Waals surface area contributed by atoms with Gasteiger partial charge in [0.05, 0.1) is 23.7 Å². The number of aromatic hydroxyl groups is 1. The molecule has 3 rings (SSSR count). The molecule has 0 aliphatic heterocycles. The molecular formula is C17H18N2O2. The fraction of sp³-hybridized carbons (Fsp3) is 0.235. The van der Waals surface area contributed by atoms with Gasteiger partial charge in [-0.05, 0) is 44.2 Å². The van der Waals surface area contributed by atoms with Crippen LogP contribution in [-0.4, -0.2) is 21.8 Å². The first kappa shape index (κ1) is 13.5. The number of hydrogen-bond acceptors (Lipinski definition) is 3. The van der Waals surface area contributed by atoms with Gasteiger partial charge in [-0.2, -0.15) is 0 Å². The van der Waals surface area contributed by atoms with Crippen molar-refractivity contribution in [2.24, 2.45) is 0 Å². The van der Waals surface area contributed by atoms with Crippen LogP contribution >= 0.6 is 0 Å². The summed E-state index contributed by atoms with van der Waals surface area (Å²) >= 11 is 0. The van der Waals surface area contributed by atoms with E-state index in [4.69, 9.17) is 4.74 Å². The first-order chi connectivity index (χ1) is 10.1. The van der Waals surface area contributed by atoms with Gasteiger partial charge in [-0.25, -0.2) is 4.98 Å². The van der Waals surface area contributed by atoms with Crippen molar-refractivity contribution in [1.82, 2.24) is 9.55 Å². The van der Waals surface area contributed by atoms with E-state index < -0.39 is 0 Å². The summed E-state index contributed by atoms with van der Waals surface area (Å²) in [7, 11) is 1.61. The van der Waals surface area contributed by atoms with Crippen molar-refractivity contribution >= 4 is 11.0 Å². The minimum atomic E-state index is 0.202. The van der Waals surface area contributed by atoms with Gasteiger partial charge in [-0.3, -0.25) is 0 Å². The highest BCUT2D eigenvalue weighted by molar-refractivity contribution is 5.82. The second-order valence-electron chi connectivity index (χ2n) is 5.27. The van der Waals surface area contributed by atoms with Crippen LogP contribution in [0.25, 0.3) is 22.4 Å². The van der Waals surface area contributed by atoms with Crippen molar-refractivity contribution in [3.8, 4) is 22.9 Å². The fourth-order valence-electron chi connectivity index (χ4n) is 2.58. The average Bonchev–Trinajstić information content (AvgIpc) is 2.87. The van der Waals surface area contributed by atoms with Crippen molar-refractivity contribution in [2.75, 3.05) is 7.11 Å². The molecule has 2 aromatic carbocycles.